The highest BCUT2D eigenvalue weighted by atomic mass is 32.1. The van der Waals surface area contributed by atoms with Crippen molar-refractivity contribution in [1.29, 1.82) is 0 Å². The second kappa shape index (κ2) is 3.23. The van der Waals surface area contributed by atoms with Gasteiger partial charge in [0.25, 0.3) is 0 Å². The molecule has 0 fully saturated rings. The number of aryl methyl sites for hydroxylation is 1. The van der Waals surface area contributed by atoms with Crippen LogP contribution in [0.15, 0.2) is 35.7 Å². The Hall–Kier alpha value is -1.28. The van der Waals surface area contributed by atoms with E-state index in [4.69, 9.17) is 0 Å². The summed E-state index contributed by atoms with van der Waals surface area (Å²) in [5.41, 5.74) is 3.53. The summed E-state index contributed by atoms with van der Waals surface area (Å²) in [5.74, 6) is 0. The summed E-state index contributed by atoms with van der Waals surface area (Å²) in [6.45, 7) is 2.07. The summed E-state index contributed by atoms with van der Waals surface area (Å²) >= 11 is 1.36. The normalized spacial score (nSPS) is 10.2. The van der Waals surface area contributed by atoms with E-state index in [0.29, 0.717) is 5.06 Å². The maximum Gasteiger partial charge on any atom is 0.171 e. The van der Waals surface area contributed by atoms with E-state index in [1.165, 1.54) is 22.5 Å². The Balaban J connectivity index is 2.52. The van der Waals surface area contributed by atoms with Crippen molar-refractivity contribution >= 4 is 11.3 Å². The van der Waals surface area contributed by atoms with Crippen LogP contribution in [0.5, 0.6) is 5.06 Å². The zero-order valence-corrected chi connectivity index (χ0v) is 8.14. The van der Waals surface area contributed by atoms with Crippen LogP contribution >= 0.6 is 11.3 Å². The summed E-state index contributed by atoms with van der Waals surface area (Å²) in [4.78, 5) is 0. The summed E-state index contributed by atoms with van der Waals surface area (Å²) in [7, 11) is 0. The second-order valence-corrected chi connectivity index (χ2v) is 3.88. The molecule has 1 heterocycles. The molecule has 2 rings (SSSR count). The van der Waals surface area contributed by atoms with Crippen molar-refractivity contribution in [2.45, 2.75) is 6.92 Å². The maximum absolute atomic E-state index is 9.22. The molecule has 2 heteroatoms. The standard InChI is InChI=1S/C11H10OS/c1-8-4-2-3-5-10(8)9-6-11(12)13-7-9/h2-7,12H,1H3. The first-order valence-corrected chi connectivity index (χ1v) is 4.99. The lowest BCUT2D eigenvalue weighted by Gasteiger charge is -2.00. The van der Waals surface area contributed by atoms with Gasteiger partial charge >= 0.3 is 0 Å². The van der Waals surface area contributed by atoms with Crippen molar-refractivity contribution < 1.29 is 5.11 Å². The minimum absolute atomic E-state index is 0.373. The molecule has 1 aromatic heterocycles. The number of benzene rings is 1. The average molecular weight is 190 g/mol. The minimum Gasteiger partial charge on any atom is -0.499 e. The van der Waals surface area contributed by atoms with E-state index in [2.05, 4.69) is 19.1 Å². The van der Waals surface area contributed by atoms with Crippen LogP contribution in [-0.2, 0) is 0 Å². The van der Waals surface area contributed by atoms with Gasteiger partial charge in [0.15, 0.2) is 5.06 Å². The predicted octanol–water partition coefficient (Wildman–Crippen LogP) is 3.43. The lowest BCUT2D eigenvalue weighted by Crippen LogP contribution is -1.78. The number of rotatable bonds is 1. The number of thiophene rings is 1. The van der Waals surface area contributed by atoms with Gasteiger partial charge in [-0.3, -0.25) is 0 Å². The largest absolute Gasteiger partial charge is 0.499 e. The maximum atomic E-state index is 9.22. The Bertz CT molecular complexity index is 418. The molecule has 0 unspecified atom stereocenters. The fourth-order valence-corrected chi connectivity index (χ4v) is 2.00. The molecule has 0 saturated heterocycles. The Morgan fingerprint density at radius 2 is 2.00 bits per heavy atom. The number of hydrogen-bond acceptors (Lipinski definition) is 2. The van der Waals surface area contributed by atoms with Crippen LogP contribution in [0.25, 0.3) is 11.1 Å². The first-order valence-electron chi connectivity index (χ1n) is 4.11. The zero-order chi connectivity index (χ0) is 9.26. The summed E-state index contributed by atoms with van der Waals surface area (Å²) in [6, 6.07) is 9.97. The topological polar surface area (TPSA) is 20.2 Å². The average Bonchev–Trinajstić information content (AvgIpc) is 2.53. The van der Waals surface area contributed by atoms with Gasteiger partial charge in [0.05, 0.1) is 0 Å². The van der Waals surface area contributed by atoms with Gasteiger partial charge in [-0.2, -0.15) is 0 Å². The molecular weight excluding hydrogens is 180 g/mol. The molecule has 13 heavy (non-hydrogen) atoms. The van der Waals surface area contributed by atoms with Crippen molar-refractivity contribution in [3.8, 4) is 16.2 Å². The lowest BCUT2D eigenvalue weighted by molar-refractivity contribution is 0.491. The van der Waals surface area contributed by atoms with Gasteiger partial charge in [0.1, 0.15) is 0 Å². The molecular formula is C11H10OS. The fourth-order valence-electron chi connectivity index (χ4n) is 1.36. The van der Waals surface area contributed by atoms with Gasteiger partial charge in [-0.25, -0.2) is 0 Å². The quantitative estimate of drug-likeness (QED) is 0.730. The molecule has 0 aliphatic rings. The highest BCUT2D eigenvalue weighted by Crippen LogP contribution is 2.31. The van der Waals surface area contributed by atoms with Crippen LogP contribution in [-0.4, -0.2) is 5.11 Å². The Morgan fingerprint density at radius 3 is 2.62 bits per heavy atom. The molecule has 0 atom stereocenters. The van der Waals surface area contributed by atoms with E-state index in [-0.39, 0.29) is 0 Å². The number of aromatic hydroxyl groups is 1. The monoisotopic (exact) mass is 190 g/mol. The van der Waals surface area contributed by atoms with Crippen molar-refractivity contribution in [3.05, 3.63) is 41.3 Å². The van der Waals surface area contributed by atoms with Crippen LogP contribution in [0, 0.1) is 6.92 Å². The summed E-state index contributed by atoms with van der Waals surface area (Å²) < 4.78 is 0. The molecule has 0 aliphatic heterocycles. The number of hydrogen-bond donors (Lipinski definition) is 1. The van der Waals surface area contributed by atoms with Gasteiger partial charge in [0, 0.05) is 5.38 Å². The van der Waals surface area contributed by atoms with Crippen molar-refractivity contribution in [2.75, 3.05) is 0 Å². The summed E-state index contributed by atoms with van der Waals surface area (Å²) in [5, 5.41) is 11.6. The van der Waals surface area contributed by atoms with E-state index in [1.54, 1.807) is 6.07 Å². The van der Waals surface area contributed by atoms with Crippen LogP contribution in [0.1, 0.15) is 5.56 Å². The third-order valence-electron chi connectivity index (χ3n) is 2.04. The molecule has 0 amide bonds. The van der Waals surface area contributed by atoms with Gasteiger partial charge in [-0.05, 0) is 29.7 Å². The molecule has 0 saturated carbocycles. The van der Waals surface area contributed by atoms with Gasteiger partial charge in [0.2, 0.25) is 0 Å². The predicted molar refractivity (Wildman–Crippen MR) is 56.2 cm³/mol. The molecule has 0 aliphatic carbocycles. The molecule has 0 bridgehead atoms. The Kier molecular flexibility index (Phi) is 2.07. The highest BCUT2D eigenvalue weighted by Gasteiger charge is 2.02. The SMILES string of the molecule is Cc1ccccc1-c1csc(O)c1. The second-order valence-electron chi connectivity index (χ2n) is 2.99. The van der Waals surface area contributed by atoms with Crippen LogP contribution in [0.3, 0.4) is 0 Å². The molecule has 1 nitrogen and oxygen atoms in total. The van der Waals surface area contributed by atoms with Crippen LogP contribution in [0.2, 0.25) is 0 Å². The molecule has 0 spiro atoms. The van der Waals surface area contributed by atoms with E-state index in [0.717, 1.165) is 5.56 Å². The zero-order valence-electron chi connectivity index (χ0n) is 7.32. The third kappa shape index (κ3) is 1.58. The Labute approximate surface area is 81.3 Å². The van der Waals surface area contributed by atoms with E-state index < -0.39 is 0 Å². The Morgan fingerprint density at radius 1 is 1.23 bits per heavy atom. The van der Waals surface area contributed by atoms with Crippen molar-refractivity contribution in [1.82, 2.24) is 0 Å². The molecule has 1 N–H and O–H groups in total. The lowest BCUT2D eigenvalue weighted by atomic mass is 10.0. The molecule has 66 valence electrons. The smallest absolute Gasteiger partial charge is 0.171 e. The van der Waals surface area contributed by atoms with Crippen LogP contribution < -0.4 is 0 Å². The first-order chi connectivity index (χ1) is 6.27. The van der Waals surface area contributed by atoms with E-state index in [1.807, 2.05) is 17.5 Å². The first kappa shape index (κ1) is 8.32. The minimum atomic E-state index is 0.373. The summed E-state index contributed by atoms with van der Waals surface area (Å²) in [6.07, 6.45) is 0. The van der Waals surface area contributed by atoms with Gasteiger partial charge in [-0.15, -0.1) is 11.3 Å². The van der Waals surface area contributed by atoms with Gasteiger partial charge in [-0.1, -0.05) is 24.3 Å². The van der Waals surface area contributed by atoms with Crippen LogP contribution in [0.4, 0.5) is 0 Å². The van der Waals surface area contributed by atoms with Crippen molar-refractivity contribution in [3.63, 3.8) is 0 Å². The van der Waals surface area contributed by atoms with E-state index in [9.17, 15) is 5.11 Å². The molecule has 0 radical (unpaired) electrons. The van der Waals surface area contributed by atoms with Gasteiger partial charge < -0.3 is 5.11 Å². The van der Waals surface area contributed by atoms with E-state index >= 15 is 0 Å². The third-order valence-corrected chi connectivity index (χ3v) is 2.77. The fraction of sp³-hybridized carbons (Fsp3) is 0.0909. The molecule has 1 aromatic carbocycles. The van der Waals surface area contributed by atoms with Crippen molar-refractivity contribution in [2.24, 2.45) is 0 Å². The highest BCUT2D eigenvalue weighted by molar-refractivity contribution is 7.12. The molecule has 2 aromatic rings.